The van der Waals surface area contributed by atoms with Gasteiger partial charge < -0.3 is 11.1 Å². The van der Waals surface area contributed by atoms with Crippen LogP contribution < -0.4 is 11.1 Å². The van der Waals surface area contributed by atoms with Crippen molar-refractivity contribution in [2.45, 2.75) is 6.42 Å². The summed E-state index contributed by atoms with van der Waals surface area (Å²) >= 11 is 13.0. The highest BCUT2D eigenvalue weighted by molar-refractivity contribution is 7.99. The van der Waals surface area contributed by atoms with E-state index < -0.39 is 0 Å². The minimum Gasteiger partial charge on any atom is -0.389 e. The molecule has 0 spiro atoms. The number of rotatable bonds is 4. The molecule has 1 fully saturated rings. The van der Waals surface area contributed by atoms with Crippen LogP contribution in [-0.2, 0) is 0 Å². The van der Waals surface area contributed by atoms with Crippen LogP contribution in [0.4, 0.5) is 5.69 Å². The van der Waals surface area contributed by atoms with E-state index in [1.165, 1.54) is 17.9 Å². The molecule has 0 aliphatic carbocycles. The molecule has 0 amide bonds. The summed E-state index contributed by atoms with van der Waals surface area (Å²) in [5.74, 6) is 3.26. The quantitative estimate of drug-likeness (QED) is 0.834. The van der Waals surface area contributed by atoms with Crippen molar-refractivity contribution < 1.29 is 0 Å². The topological polar surface area (TPSA) is 38.0 Å². The van der Waals surface area contributed by atoms with Gasteiger partial charge in [-0.2, -0.15) is 11.8 Å². The number of thiocarbonyl (C=S) groups is 1. The first-order valence-electron chi connectivity index (χ1n) is 5.58. The summed E-state index contributed by atoms with van der Waals surface area (Å²) in [6.07, 6.45) is 1.29. The van der Waals surface area contributed by atoms with Gasteiger partial charge in [0, 0.05) is 22.8 Å². The maximum absolute atomic E-state index is 5.94. The van der Waals surface area contributed by atoms with Gasteiger partial charge >= 0.3 is 0 Å². The normalized spacial score (nSPS) is 19.2. The molecule has 1 aromatic rings. The number of hydrogen-bond donors (Lipinski definition) is 2. The van der Waals surface area contributed by atoms with Crippen LogP contribution in [0.3, 0.4) is 0 Å². The first kappa shape index (κ1) is 13.0. The zero-order valence-corrected chi connectivity index (χ0v) is 11.8. The van der Waals surface area contributed by atoms with Crippen LogP contribution >= 0.6 is 35.6 Å². The summed E-state index contributed by atoms with van der Waals surface area (Å²) < 4.78 is 0. The summed E-state index contributed by atoms with van der Waals surface area (Å²) in [6, 6.07) is 5.61. The van der Waals surface area contributed by atoms with E-state index in [0.717, 1.165) is 23.7 Å². The van der Waals surface area contributed by atoms with Crippen molar-refractivity contribution in [3.63, 3.8) is 0 Å². The number of nitrogens with one attached hydrogen (secondary N) is 1. The number of thioether (sulfide) groups is 1. The molecule has 2 rings (SSSR count). The van der Waals surface area contributed by atoms with Gasteiger partial charge in [-0.25, -0.2) is 0 Å². The molecular formula is C12H15ClN2S2. The Morgan fingerprint density at radius 2 is 2.41 bits per heavy atom. The molecule has 5 heteroatoms. The lowest BCUT2D eigenvalue weighted by Gasteiger charge is -2.14. The molecular weight excluding hydrogens is 272 g/mol. The van der Waals surface area contributed by atoms with E-state index in [1.807, 2.05) is 30.0 Å². The molecule has 1 unspecified atom stereocenters. The minimum absolute atomic E-state index is 0.385. The average Bonchev–Trinajstić information content (AvgIpc) is 2.80. The number of nitrogens with two attached hydrogens (primary N) is 1. The van der Waals surface area contributed by atoms with Crippen LogP contribution in [0.1, 0.15) is 12.0 Å². The Balaban J connectivity index is 2.06. The van der Waals surface area contributed by atoms with E-state index in [-0.39, 0.29) is 0 Å². The van der Waals surface area contributed by atoms with Crippen molar-refractivity contribution in [3.05, 3.63) is 28.8 Å². The Morgan fingerprint density at radius 3 is 3.06 bits per heavy atom. The molecule has 1 aliphatic heterocycles. The van der Waals surface area contributed by atoms with Gasteiger partial charge in [-0.3, -0.25) is 0 Å². The van der Waals surface area contributed by atoms with Gasteiger partial charge in [-0.05, 0) is 42.0 Å². The second kappa shape index (κ2) is 5.94. The fraction of sp³-hybridized carbons (Fsp3) is 0.417. The monoisotopic (exact) mass is 286 g/mol. The molecule has 1 saturated heterocycles. The summed E-state index contributed by atoms with van der Waals surface area (Å²) in [5.41, 5.74) is 7.51. The molecule has 1 aromatic carbocycles. The van der Waals surface area contributed by atoms with E-state index in [9.17, 15) is 0 Å². The van der Waals surface area contributed by atoms with Crippen LogP contribution in [0.15, 0.2) is 18.2 Å². The van der Waals surface area contributed by atoms with Crippen LogP contribution in [-0.4, -0.2) is 23.0 Å². The highest BCUT2D eigenvalue weighted by Crippen LogP contribution is 2.25. The van der Waals surface area contributed by atoms with Crippen molar-refractivity contribution >= 4 is 46.3 Å². The lowest BCUT2D eigenvalue weighted by Crippen LogP contribution is -2.17. The van der Waals surface area contributed by atoms with E-state index in [0.29, 0.717) is 10.0 Å². The van der Waals surface area contributed by atoms with E-state index in [4.69, 9.17) is 29.6 Å². The Hall–Kier alpha value is -0.450. The van der Waals surface area contributed by atoms with Crippen LogP contribution in [0.25, 0.3) is 0 Å². The highest BCUT2D eigenvalue weighted by Gasteiger charge is 2.15. The van der Waals surface area contributed by atoms with Crippen LogP contribution in [0, 0.1) is 5.92 Å². The third-order valence-electron chi connectivity index (χ3n) is 2.85. The minimum atomic E-state index is 0.385. The predicted octanol–water partition coefficient (Wildman–Crippen LogP) is 3.14. The van der Waals surface area contributed by atoms with E-state index in [1.54, 1.807) is 0 Å². The van der Waals surface area contributed by atoms with Gasteiger partial charge in [0.05, 0.1) is 0 Å². The molecule has 3 N–H and O–H groups in total. The zero-order valence-electron chi connectivity index (χ0n) is 9.41. The molecule has 0 aromatic heterocycles. The predicted molar refractivity (Wildman–Crippen MR) is 81.3 cm³/mol. The Kier molecular flexibility index (Phi) is 4.54. The van der Waals surface area contributed by atoms with Crippen molar-refractivity contribution in [1.29, 1.82) is 0 Å². The fourth-order valence-electron chi connectivity index (χ4n) is 1.87. The fourth-order valence-corrected chi connectivity index (χ4v) is 3.50. The SMILES string of the molecule is NC(=S)c1cc(Cl)ccc1NCC1CCSC1. The first-order valence-corrected chi connectivity index (χ1v) is 7.52. The molecule has 2 nitrogen and oxygen atoms in total. The van der Waals surface area contributed by atoms with Crippen molar-refractivity contribution in [2.75, 3.05) is 23.4 Å². The smallest absolute Gasteiger partial charge is 0.106 e. The van der Waals surface area contributed by atoms with Gasteiger partial charge in [-0.15, -0.1) is 0 Å². The summed E-state index contributed by atoms with van der Waals surface area (Å²) in [4.78, 5) is 0.385. The summed E-state index contributed by atoms with van der Waals surface area (Å²) in [6.45, 7) is 0.976. The number of hydrogen-bond acceptors (Lipinski definition) is 3. The van der Waals surface area contributed by atoms with E-state index >= 15 is 0 Å². The maximum atomic E-state index is 5.94. The molecule has 0 bridgehead atoms. The van der Waals surface area contributed by atoms with Crippen molar-refractivity contribution in [3.8, 4) is 0 Å². The lowest BCUT2D eigenvalue weighted by atomic mass is 10.1. The van der Waals surface area contributed by atoms with Gasteiger partial charge in [0.15, 0.2) is 0 Å². The number of halogens is 1. The third-order valence-corrected chi connectivity index (χ3v) is 4.54. The summed E-state index contributed by atoms with van der Waals surface area (Å²) in [5, 5.41) is 4.09. The zero-order chi connectivity index (χ0) is 12.3. The second-order valence-electron chi connectivity index (χ2n) is 4.16. The van der Waals surface area contributed by atoms with Crippen molar-refractivity contribution in [2.24, 2.45) is 11.7 Å². The highest BCUT2D eigenvalue weighted by atomic mass is 35.5. The maximum Gasteiger partial charge on any atom is 0.106 e. The standard InChI is InChI=1S/C12H15ClN2S2/c13-9-1-2-11(10(5-9)12(14)16)15-6-8-3-4-17-7-8/h1-2,5,8,15H,3-4,6-7H2,(H2,14,16). The van der Waals surface area contributed by atoms with Gasteiger partial charge in [0.25, 0.3) is 0 Å². The molecule has 92 valence electrons. The molecule has 0 saturated carbocycles. The Bertz CT molecular complexity index is 417. The van der Waals surface area contributed by atoms with Crippen molar-refractivity contribution in [1.82, 2.24) is 0 Å². The molecule has 1 atom stereocenters. The van der Waals surface area contributed by atoms with Gasteiger partial charge in [-0.1, -0.05) is 23.8 Å². The van der Waals surface area contributed by atoms with Crippen LogP contribution in [0.2, 0.25) is 5.02 Å². The van der Waals surface area contributed by atoms with E-state index in [2.05, 4.69) is 5.32 Å². The number of benzene rings is 1. The lowest BCUT2D eigenvalue weighted by molar-refractivity contribution is 0.632. The Labute approximate surface area is 116 Å². The molecule has 17 heavy (non-hydrogen) atoms. The average molecular weight is 287 g/mol. The molecule has 1 aliphatic rings. The van der Waals surface area contributed by atoms with Gasteiger partial charge in [0.1, 0.15) is 4.99 Å². The second-order valence-corrected chi connectivity index (χ2v) is 6.19. The molecule has 0 radical (unpaired) electrons. The van der Waals surface area contributed by atoms with Crippen LogP contribution in [0.5, 0.6) is 0 Å². The number of anilines is 1. The molecule has 1 heterocycles. The Morgan fingerprint density at radius 1 is 1.59 bits per heavy atom. The largest absolute Gasteiger partial charge is 0.389 e. The summed E-state index contributed by atoms with van der Waals surface area (Å²) in [7, 11) is 0. The third kappa shape index (κ3) is 3.50. The first-order chi connectivity index (χ1) is 8.16. The van der Waals surface area contributed by atoms with Gasteiger partial charge in [0.2, 0.25) is 0 Å².